The maximum atomic E-state index is 12.0. The van der Waals surface area contributed by atoms with Crippen LogP contribution in [0.25, 0.3) is 0 Å². The number of aliphatic imine (C=N–C) groups is 1. The van der Waals surface area contributed by atoms with Crippen molar-refractivity contribution in [2.24, 2.45) is 10.9 Å². The predicted molar refractivity (Wildman–Crippen MR) is 66.2 cm³/mol. The van der Waals surface area contributed by atoms with E-state index in [4.69, 9.17) is 4.74 Å². The Morgan fingerprint density at radius 2 is 2.00 bits per heavy atom. The Morgan fingerprint density at radius 1 is 1.35 bits per heavy atom. The molecule has 1 aliphatic rings. The first kappa shape index (κ1) is 13.9. The van der Waals surface area contributed by atoms with Crippen LogP contribution in [0, 0.1) is 5.92 Å². The number of Topliss-reactive ketones (excluding diaryl/α,β-unsaturated/α-hetero) is 1. The van der Waals surface area contributed by atoms with Gasteiger partial charge in [-0.25, -0.2) is 4.79 Å². The van der Waals surface area contributed by atoms with Gasteiger partial charge in [0.1, 0.15) is 12.3 Å². The van der Waals surface area contributed by atoms with E-state index in [0.29, 0.717) is 6.61 Å². The molecule has 0 N–H and O–H groups in total. The van der Waals surface area contributed by atoms with E-state index in [0.717, 1.165) is 31.9 Å². The third-order valence-electron chi connectivity index (χ3n) is 3.11. The van der Waals surface area contributed by atoms with Gasteiger partial charge in [-0.15, -0.1) is 0 Å². The molecule has 1 atom stereocenters. The molecule has 1 saturated carbocycles. The molecule has 0 aromatic carbocycles. The fraction of sp³-hybridized carbons (Fsp3) is 0.769. The minimum Gasteiger partial charge on any atom is -0.462 e. The van der Waals surface area contributed by atoms with Crippen molar-refractivity contribution in [2.45, 2.75) is 52.0 Å². The molecule has 0 aromatic rings. The topological polar surface area (TPSA) is 55.7 Å². The second-order valence-corrected chi connectivity index (χ2v) is 4.44. The van der Waals surface area contributed by atoms with Crippen molar-refractivity contribution in [3.63, 3.8) is 0 Å². The molecule has 1 aliphatic carbocycles. The highest BCUT2D eigenvalue weighted by molar-refractivity contribution is 6.23. The molecule has 1 fully saturated rings. The fourth-order valence-corrected chi connectivity index (χ4v) is 2.15. The van der Waals surface area contributed by atoms with Crippen LogP contribution >= 0.6 is 0 Å². The number of carbonyl (C=O) groups is 2. The van der Waals surface area contributed by atoms with E-state index in [1.807, 2.05) is 0 Å². The smallest absolute Gasteiger partial charge is 0.348 e. The number of esters is 1. The van der Waals surface area contributed by atoms with Gasteiger partial charge in [0.15, 0.2) is 5.78 Å². The van der Waals surface area contributed by atoms with Crippen LogP contribution in [0.2, 0.25) is 0 Å². The summed E-state index contributed by atoms with van der Waals surface area (Å²) in [5.74, 6) is -0.181. The van der Waals surface area contributed by atoms with Crippen LogP contribution in [0.5, 0.6) is 0 Å². The van der Waals surface area contributed by atoms with Crippen molar-refractivity contribution >= 4 is 18.0 Å². The highest BCUT2D eigenvalue weighted by Crippen LogP contribution is 2.25. The van der Waals surface area contributed by atoms with Crippen molar-refractivity contribution in [2.75, 3.05) is 6.61 Å². The lowest BCUT2D eigenvalue weighted by molar-refractivity contribution is -0.134. The molecule has 0 aliphatic heterocycles. The highest BCUT2D eigenvalue weighted by Gasteiger charge is 2.24. The summed E-state index contributed by atoms with van der Waals surface area (Å²) in [4.78, 5) is 27.0. The van der Waals surface area contributed by atoms with Gasteiger partial charge in [0.2, 0.25) is 0 Å². The van der Waals surface area contributed by atoms with Crippen LogP contribution in [0.4, 0.5) is 0 Å². The molecule has 96 valence electrons. The Morgan fingerprint density at radius 3 is 2.59 bits per heavy atom. The van der Waals surface area contributed by atoms with E-state index in [9.17, 15) is 9.59 Å². The van der Waals surface area contributed by atoms with Crippen LogP contribution in [0.1, 0.15) is 46.0 Å². The molecule has 0 radical (unpaired) electrons. The molecular weight excluding hydrogens is 218 g/mol. The Labute approximate surface area is 102 Å². The molecule has 0 spiro atoms. The van der Waals surface area contributed by atoms with Crippen LogP contribution in [0.3, 0.4) is 0 Å². The van der Waals surface area contributed by atoms with Crippen LogP contribution < -0.4 is 0 Å². The van der Waals surface area contributed by atoms with Gasteiger partial charge in [-0.05, 0) is 26.7 Å². The van der Waals surface area contributed by atoms with E-state index in [-0.39, 0.29) is 11.7 Å². The first-order valence-electron chi connectivity index (χ1n) is 6.38. The number of carbonyl (C=O) groups excluding carboxylic acids is 2. The molecule has 17 heavy (non-hydrogen) atoms. The van der Waals surface area contributed by atoms with Gasteiger partial charge in [0.25, 0.3) is 0 Å². The van der Waals surface area contributed by atoms with Crippen molar-refractivity contribution < 1.29 is 14.3 Å². The Hall–Kier alpha value is -1.19. The monoisotopic (exact) mass is 239 g/mol. The number of nitrogens with zero attached hydrogens (tertiary/aromatic N) is 1. The number of hydrogen-bond donors (Lipinski definition) is 0. The zero-order valence-electron chi connectivity index (χ0n) is 10.6. The average molecular weight is 239 g/mol. The first-order chi connectivity index (χ1) is 8.15. The summed E-state index contributed by atoms with van der Waals surface area (Å²) in [6.45, 7) is 3.81. The molecule has 0 bridgehead atoms. The Balaban J connectivity index is 2.42. The Bertz CT molecular complexity index is 293. The van der Waals surface area contributed by atoms with Crippen molar-refractivity contribution in [1.82, 2.24) is 0 Å². The molecule has 0 saturated heterocycles. The normalized spacial score (nSPS) is 19.2. The summed E-state index contributed by atoms with van der Waals surface area (Å²) in [5.41, 5.74) is 0. The number of rotatable bonds is 5. The molecule has 1 rings (SSSR count). The van der Waals surface area contributed by atoms with Gasteiger partial charge in [0.05, 0.1) is 6.61 Å². The minimum absolute atomic E-state index is 0.137. The van der Waals surface area contributed by atoms with Crippen molar-refractivity contribution in [1.29, 1.82) is 0 Å². The molecule has 0 aromatic heterocycles. The van der Waals surface area contributed by atoms with Gasteiger partial charge in [-0.1, -0.05) is 19.3 Å². The SMILES string of the molecule is CCOC(=O)C=N[C@@H](C)C(=O)C1CCCCC1. The second-order valence-electron chi connectivity index (χ2n) is 4.44. The lowest BCUT2D eigenvalue weighted by Crippen LogP contribution is -2.26. The quantitative estimate of drug-likeness (QED) is 0.545. The van der Waals surface area contributed by atoms with E-state index >= 15 is 0 Å². The number of ketones is 1. The first-order valence-corrected chi connectivity index (χ1v) is 6.38. The maximum absolute atomic E-state index is 12.0. The maximum Gasteiger partial charge on any atom is 0.348 e. The van der Waals surface area contributed by atoms with Crippen molar-refractivity contribution in [3.05, 3.63) is 0 Å². The van der Waals surface area contributed by atoms with E-state index < -0.39 is 12.0 Å². The predicted octanol–water partition coefficient (Wildman–Crippen LogP) is 2.16. The minimum atomic E-state index is -0.476. The van der Waals surface area contributed by atoms with Crippen molar-refractivity contribution in [3.8, 4) is 0 Å². The molecule has 0 unspecified atom stereocenters. The van der Waals surface area contributed by atoms with Gasteiger partial charge < -0.3 is 4.74 Å². The third-order valence-corrected chi connectivity index (χ3v) is 3.11. The summed E-state index contributed by atoms with van der Waals surface area (Å²) in [6.07, 6.45) is 6.55. The molecule has 0 amide bonds. The largest absolute Gasteiger partial charge is 0.462 e. The summed E-state index contributed by atoms with van der Waals surface area (Å²) >= 11 is 0. The second kappa shape index (κ2) is 7.20. The summed E-state index contributed by atoms with van der Waals surface area (Å²) in [5, 5.41) is 0. The van der Waals surface area contributed by atoms with Crippen LogP contribution in [0.15, 0.2) is 4.99 Å². The Kier molecular flexibility index (Phi) is 5.87. The lowest BCUT2D eigenvalue weighted by atomic mass is 9.84. The lowest BCUT2D eigenvalue weighted by Gasteiger charge is -2.21. The van der Waals surface area contributed by atoms with E-state index in [2.05, 4.69) is 4.99 Å². The zero-order chi connectivity index (χ0) is 12.7. The van der Waals surface area contributed by atoms with Gasteiger partial charge >= 0.3 is 5.97 Å². The molecular formula is C13H21NO3. The summed E-state index contributed by atoms with van der Waals surface area (Å²) in [6, 6.07) is -0.428. The van der Waals surface area contributed by atoms with E-state index in [1.165, 1.54) is 6.42 Å². The van der Waals surface area contributed by atoms with Gasteiger partial charge in [0, 0.05) is 5.92 Å². The molecule has 4 nitrogen and oxygen atoms in total. The van der Waals surface area contributed by atoms with Crippen LogP contribution in [-0.2, 0) is 14.3 Å². The summed E-state index contributed by atoms with van der Waals surface area (Å²) in [7, 11) is 0. The van der Waals surface area contributed by atoms with E-state index in [1.54, 1.807) is 13.8 Å². The number of ether oxygens (including phenoxy) is 1. The van der Waals surface area contributed by atoms with Crippen LogP contribution in [-0.4, -0.2) is 30.6 Å². The average Bonchev–Trinajstić information content (AvgIpc) is 2.36. The third kappa shape index (κ3) is 4.67. The standard InChI is InChI=1S/C13H21NO3/c1-3-17-12(15)9-14-10(2)13(16)11-7-5-4-6-8-11/h9-11H,3-8H2,1-2H3/t10-/m0/s1. The molecule has 0 heterocycles. The zero-order valence-corrected chi connectivity index (χ0v) is 10.6. The number of hydrogen-bond acceptors (Lipinski definition) is 4. The highest BCUT2D eigenvalue weighted by atomic mass is 16.5. The fourth-order valence-electron chi connectivity index (χ4n) is 2.15. The van der Waals surface area contributed by atoms with Gasteiger partial charge in [-0.3, -0.25) is 9.79 Å². The summed E-state index contributed by atoms with van der Waals surface area (Å²) < 4.78 is 4.72. The van der Waals surface area contributed by atoms with Gasteiger partial charge in [-0.2, -0.15) is 0 Å². The molecule has 4 heteroatoms.